The zero-order valence-electron chi connectivity index (χ0n) is 12.6. The van der Waals surface area contributed by atoms with E-state index in [0.29, 0.717) is 0 Å². The SMILES string of the molecule is C[Si](C)(C)/C(C#N)=C(/Sc1ccccc1)c1ccccc1. The molecule has 0 aliphatic rings. The molecule has 1 nitrogen and oxygen atoms in total. The summed E-state index contributed by atoms with van der Waals surface area (Å²) >= 11 is 1.69. The second-order valence-corrected chi connectivity index (χ2v) is 11.9. The van der Waals surface area contributed by atoms with Crippen LogP contribution in [0, 0.1) is 11.3 Å². The fourth-order valence-electron chi connectivity index (χ4n) is 2.01. The Kier molecular flexibility index (Phi) is 5.06. The third kappa shape index (κ3) is 4.10. The lowest BCUT2D eigenvalue weighted by Crippen LogP contribution is -2.24. The van der Waals surface area contributed by atoms with Crippen LogP contribution in [0.5, 0.6) is 0 Å². The number of benzene rings is 2. The second kappa shape index (κ2) is 6.80. The van der Waals surface area contributed by atoms with Gasteiger partial charge in [-0.1, -0.05) is 79.9 Å². The summed E-state index contributed by atoms with van der Waals surface area (Å²) in [5.41, 5.74) is 1.13. The van der Waals surface area contributed by atoms with E-state index in [-0.39, 0.29) is 0 Å². The maximum Gasteiger partial charge on any atom is 0.0927 e. The van der Waals surface area contributed by atoms with Crippen LogP contribution in [0.25, 0.3) is 4.91 Å². The van der Waals surface area contributed by atoms with Crippen LogP contribution in [-0.4, -0.2) is 8.07 Å². The first-order valence-corrected chi connectivity index (χ1v) is 11.3. The van der Waals surface area contributed by atoms with Gasteiger partial charge in [0.2, 0.25) is 0 Å². The minimum atomic E-state index is -1.69. The molecule has 0 aliphatic carbocycles. The van der Waals surface area contributed by atoms with Gasteiger partial charge in [0, 0.05) is 15.0 Å². The van der Waals surface area contributed by atoms with Gasteiger partial charge in [-0.2, -0.15) is 5.26 Å². The highest BCUT2D eigenvalue weighted by atomic mass is 32.2. The van der Waals surface area contributed by atoms with Crippen LogP contribution in [-0.2, 0) is 0 Å². The van der Waals surface area contributed by atoms with Crippen LogP contribution in [0.15, 0.2) is 70.8 Å². The van der Waals surface area contributed by atoms with Gasteiger partial charge in [0.1, 0.15) is 0 Å². The van der Waals surface area contributed by atoms with Crippen LogP contribution in [0.2, 0.25) is 19.6 Å². The number of nitrogens with zero attached hydrogens (tertiary/aromatic N) is 1. The number of thioether (sulfide) groups is 1. The van der Waals surface area contributed by atoms with Gasteiger partial charge in [-0.25, -0.2) is 0 Å². The number of nitriles is 1. The van der Waals surface area contributed by atoms with Crippen molar-refractivity contribution in [2.75, 3.05) is 0 Å². The topological polar surface area (TPSA) is 23.8 Å². The number of rotatable bonds is 4. The summed E-state index contributed by atoms with van der Waals surface area (Å²) in [4.78, 5) is 2.27. The summed E-state index contributed by atoms with van der Waals surface area (Å²) in [5.74, 6) is 0. The van der Waals surface area contributed by atoms with E-state index in [2.05, 4.69) is 50.0 Å². The van der Waals surface area contributed by atoms with Gasteiger partial charge in [-0.3, -0.25) is 0 Å². The van der Waals surface area contributed by atoms with E-state index in [9.17, 15) is 5.26 Å². The van der Waals surface area contributed by atoms with Crippen molar-refractivity contribution in [3.05, 3.63) is 71.4 Å². The first-order chi connectivity index (χ1) is 10.0. The van der Waals surface area contributed by atoms with E-state index >= 15 is 0 Å². The quantitative estimate of drug-likeness (QED) is 0.417. The van der Waals surface area contributed by atoms with Crippen LogP contribution in [0.4, 0.5) is 0 Å². The highest BCUT2D eigenvalue weighted by Crippen LogP contribution is 2.39. The average molecular weight is 310 g/mol. The molecule has 0 saturated carbocycles. The number of allylic oxidation sites excluding steroid dienone is 1. The predicted octanol–water partition coefficient (Wildman–Crippen LogP) is 5.59. The zero-order chi connectivity index (χ0) is 15.3. The molecule has 0 aliphatic heterocycles. The molecule has 3 heteroatoms. The van der Waals surface area contributed by atoms with E-state index in [1.807, 2.05) is 36.4 Å². The highest BCUT2D eigenvalue weighted by molar-refractivity contribution is 8.08. The molecule has 0 spiro atoms. The molecule has 0 bridgehead atoms. The lowest BCUT2D eigenvalue weighted by Gasteiger charge is -2.20. The third-order valence-corrected chi connectivity index (χ3v) is 6.28. The maximum absolute atomic E-state index is 9.68. The van der Waals surface area contributed by atoms with Crippen molar-refractivity contribution in [2.24, 2.45) is 0 Å². The van der Waals surface area contributed by atoms with Crippen molar-refractivity contribution in [2.45, 2.75) is 24.5 Å². The molecule has 2 aromatic rings. The van der Waals surface area contributed by atoms with Crippen molar-refractivity contribution in [1.29, 1.82) is 5.26 Å². The monoisotopic (exact) mass is 309 g/mol. The van der Waals surface area contributed by atoms with Gasteiger partial charge in [0.25, 0.3) is 0 Å². The predicted molar refractivity (Wildman–Crippen MR) is 94.6 cm³/mol. The van der Waals surface area contributed by atoms with E-state index < -0.39 is 8.07 Å². The summed E-state index contributed by atoms with van der Waals surface area (Å²) in [6, 6.07) is 23.0. The molecule has 2 aromatic carbocycles. The molecular weight excluding hydrogens is 290 g/mol. The average Bonchev–Trinajstić information content (AvgIpc) is 2.47. The Morgan fingerprint density at radius 1 is 0.905 bits per heavy atom. The third-order valence-electron chi connectivity index (χ3n) is 3.09. The Balaban J connectivity index is 2.56. The zero-order valence-corrected chi connectivity index (χ0v) is 14.4. The molecule has 106 valence electrons. The van der Waals surface area contributed by atoms with Crippen molar-refractivity contribution in [3.8, 4) is 6.07 Å². The normalized spacial score (nSPS) is 12.5. The first kappa shape index (κ1) is 15.6. The molecule has 0 radical (unpaired) electrons. The molecular formula is C18H19NSSi. The van der Waals surface area contributed by atoms with E-state index in [4.69, 9.17) is 0 Å². The lowest BCUT2D eigenvalue weighted by atomic mass is 10.2. The molecule has 0 saturated heterocycles. The molecule has 0 aromatic heterocycles. The molecule has 0 atom stereocenters. The fourth-order valence-corrected chi connectivity index (χ4v) is 5.17. The Morgan fingerprint density at radius 3 is 1.90 bits per heavy atom. The number of hydrogen-bond acceptors (Lipinski definition) is 2. The molecule has 21 heavy (non-hydrogen) atoms. The Labute approximate surface area is 132 Å². The summed E-state index contributed by atoms with van der Waals surface area (Å²) in [5, 5.41) is 10.6. The largest absolute Gasteiger partial charge is 0.193 e. The van der Waals surface area contributed by atoms with E-state index in [0.717, 1.165) is 15.7 Å². The highest BCUT2D eigenvalue weighted by Gasteiger charge is 2.25. The molecule has 0 amide bonds. The van der Waals surface area contributed by atoms with Crippen LogP contribution >= 0.6 is 11.8 Å². The van der Waals surface area contributed by atoms with Crippen molar-refractivity contribution in [1.82, 2.24) is 0 Å². The summed E-state index contributed by atoms with van der Waals surface area (Å²) < 4.78 is 0. The fraction of sp³-hybridized carbons (Fsp3) is 0.167. The van der Waals surface area contributed by atoms with Crippen LogP contribution in [0.3, 0.4) is 0 Å². The van der Waals surface area contributed by atoms with E-state index in [1.54, 1.807) is 11.8 Å². The van der Waals surface area contributed by atoms with Gasteiger partial charge in [0.15, 0.2) is 0 Å². The molecule has 0 unspecified atom stereocenters. The van der Waals surface area contributed by atoms with Gasteiger partial charge in [-0.05, 0) is 17.7 Å². The van der Waals surface area contributed by atoms with Crippen LogP contribution in [0.1, 0.15) is 5.56 Å². The molecule has 0 N–H and O–H groups in total. The number of hydrogen-bond donors (Lipinski definition) is 0. The van der Waals surface area contributed by atoms with Crippen molar-refractivity contribution in [3.63, 3.8) is 0 Å². The van der Waals surface area contributed by atoms with E-state index in [1.165, 1.54) is 4.90 Å². The maximum atomic E-state index is 9.68. The van der Waals surface area contributed by atoms with Gasteiger partial charge in [0.05, 0.1) is 14.1 Å². The van der Waals surface area contributed by atoms with Gasteiger partial charge in [-0.15, -0.1) is 0 Å². The standard InChI is InChI=1S/C18H19NSSi/c1-21(2,3)17(14-19)18(15-10-6-4-7-11-15)20-16-12-8-5-9-13-16/h4-13H,1-3H3/b18-17+. The minimum Gasteiger partial charge on any atom is -0.193 e. The minimum absolute atomic E-state index is 0.961. The Bertz CT molecular complexity index is 664. The lowest BCUT2D eigenvalue weighted by molar-refractivity contribution is 1.47. The molecule has 2 rings (SSSR count). The summed E-state index contributed by atoms with van der Waals surface area (Å²) in [6.07, 6.45) is 0. The van der Waals surface area contributed by atoms with Crippen LogP contribution < -0.4 is 0 Å². The van der Waals surface area contributed by atoms with Gasteiger partial charge >= 0.3 is 0 Å². The van der Waals surface area contributed by atoms with Gasteiger partial charge < -0.3 is 0 Å². The summed E-state index contributed by atoms with van der Waals surface area (Å²) in [6.45, 7) is 6.67. The summed E-state index contributed by atoms with van der Waals surface area (Å²) in [7, 11) is -1.69. The van der Waals surface area contributed by atoms with Crippen molar-refractivity contribution < 1.29 is 0 Å². The molecule has 0 fully saturated rings. The Hall–Kier alpha value is -1.76. The molecule has 0 heterocycles. The van der Waals surface area contributed by atoms with Crippen molar-refractivity contribution >= 4 is 24.7 Å². The smallest absolute Gasteiger partial charge is 0.0927 e. The first-order valence-electron chi connectivity index (χ1n) is 6.95. The second-order valence-electron chi connectivity index (χ2n) is 5.85. The Morgan fingerprint density at radius 2 is 1.43 bits per heavy atom.